The summed E-state index contributed by atoms with van der Waals surface area (Å²) in [7, 11) is -3.64. The molecule has 20 heavy (non-hydrogen) atoms. The first-order valence-corrected chi connectivity index (χ1v) is 7.85. The molecule has 2 N–H and O–H groups in total. The van der Waals surface area contributed by atoms with Crippen LogP contribution in [0.15, 0.2) is 35.5 Å². The van der Waals surface area contributed by atoms with Gasteiger partial charge in [0.1, 0.15) is 10.7 Å². The highest BCUT2D eigenvalue weighted by atomic mass is 35.5. The maximum atomic E-state index is 12.6. The van der Waals surface area contributed by atoms with E-state index in [1.54, 1.807) is 6.20 Å². The zero-order chi connectivity index (χ0) is 14.3. The second-order valence-electron chi connectivity index (χ2n) is 4.57. The summed E-state index contributed by atoms with van der Waals surface area (Å²) in [4.78, 5) is 4.23. The lowest BCUT2D eigenvalue weighted by Crippen LogP contribution is -2.38. The van der Waals surface area contributed by atoms with Crippen molar-refractivity contribution in [3.63, 3.8) is 0 Å². The van der Waals surface area contributed by atoms with Gasteiger partial charge in [0.15, 0.2) is 0 Å². The van der Waals surface area contributed by atoms with Gasteiger partial charge in [0, 0.05) is 31.2 Å². The molecule has 0 aliphatic carbocycles. The fraction of sp³-hybridized carbons (Fsp3) is 0.250. The molecule has 1 aromatic carbocycles. The smallest absolute Gasteiger partial charge is 0.245 e. The minimum atomic E-state index is -3.64. The quantitative estimate of drug-likeness (QED) is 0.848. The lowest BCUT2D eigenvalue weighted by molar-refractivity contribution is 0.335. The number of fused-ring (bicyclic) bond motifs is 1. The van der Waals surface area contributed by atoms with E-state index in [4.69, 9.17) is 17.3 Å². The third-order valence-corrected chi connectivity index (χ3v) is 5.61. The third-order valence-electron chi connectivity index (χ3n) is 3.28. The summed E-state index contributed by atoms with van der Waals surface area (Å²) in [6.07, 6.45) is 3.51. The highest BCUT2D eigenvalue weighted by molar-refractivity contribution is 7.89. The molecular weight excluding hydrogens is 300 g/mol. The molecule has 106 valence electrons. The highest BCUT2D eigenvalue weighted by Crippen LogP contribution is 2.28. The maximum absolute atomic E-state index is 12.6. The highest BCUT2D eigenvalue weighted by Gasteiger charge is 2.30. The molecule has 0 radical (unpaired) electrons. The van der Waals surface area contributed by atoms with Crippen molar-refractivity contribution in [3.8, 4) is 0 Å². The predicted molar refractivity (Wildman–Crippen MR) is 75.7 cm³/mol. The van der Waals surface area contributed by atoms with Crippen LogP contribution in [0.5, 0.6) is 0 Å². The van der Waals surface area contributed by atoms with E-state index in [1.807, 2.05) is 10.8 Å². The van der Waals surface area contributed by atoms with Crippen LogP contribution in [-0.4, -0.2) is 28.8 Å². The Balaban J connectivity index is 1.97. The molecule has 6 nitrogen and oxygen atoms in total. The second-order valence-corrected chi connectivity index (χ2v) is 6.88. The topological polar surface area (TPSA) is 81.2 Å². The van der Waals surface area contributed by atoms with Gasteiger partial charge in [-0.25, -0.2) is 13.4 Å². The number of sulfonamides is 1. The number of anilines is 1. The van der Waals surface area contributed by atoms with Gasteiger partial charge in [0.05, 0.1) is 11.6 Å². The van der Waals surface area contributed by atoms with Crippen LogP contribution < -0.4 is 5.73 Å². The van der Waals surface area contributed by atoms with E-state index in [-0.39, 0.29) is 16.5 Å². The van der Waals surface area contributed by atoms with Crippen molar-refractivity contribution in [2.75, 3.05) is 12.3 Å². The van der Waals surface area contributed by atoms with Gasteiger partial charge in [-0.05, 0) is 18.2 Å². The lowest BCUT2D eigenvalue weighted by atomic mass is 10.3. The van der Waals surface area contributed by atoms with Crippen molar-refractivity contribution in [1.82, 2.24) is 13.9 Å². The number of imidazole rings is 1. The van der Waals surface area contributed by atoms with E-state index in [0.717, 1.165) is 5.82 Å². The first kappa shape index (κ1) is 13.4. The summed E-state index contributed by atoms with van der Waals surface area (Å²) in [5, 5.41) is 0.138. The molecule has 0 amide bonds. The number of rotatable bonds is 2. The van der Waals surface area contributed by atoms with Gasteiger partial charge in [-0.2, -0.15) is 4.31 Å². The first-order valence-electron chi connectivity index (χ1n) is 6.03. The lowest BCUT2D eigenvalue weighted by Gasteiger charge is -2.27. The summed E-state index contributed by atoms with van der Waals surface area (Å²) < 4.78 is 28.6. The zero-order valence-corrected chi connectivity index (χ0v) is 12.1. The van der Waals surface area contributed by atoms with Crippen LogP contribution in [0.1, 0.15) is 5.82 Å². The number of hydrogen-bond acceptors (Lipinski definition) is 4. The third kappa shape index (κ3) is 2.17. The van der Waals surface area contributed by atoms with E-state index < -0.39 is 10.0 Å². The van der Waals surface area contributed by atoms with Crippen LogP contribution in [0.4, 0.5) is 5.69 Å². The van der Waals surface area contributed by atoms with Crippen LogP contribution in [0.3, 0.4) is 0 Å². The minimum Gasteiger partial charge on any atom is -0.399 e. The van der Waals surface area contributed by atoms with Gasteiger partial charge in [-0.15, -0.1) is 0 Å². The Hall–Kier alpha value is -1.57. The Morgan fingerprint density at radius 2 is 2.10 bits per heavy atom. The normalized spacial score (nSPS) is 16.1. The molecule has 2 heterocycles. The molecule has 0 atom stereocenters. The van der Waals surface area contributed by atoms with Crippen molar-refractivity contribution in [2.45, 2.75) is 18.0 Å². The number of aromatic nitrogens is 2. The molecule has 2 aromatic rings. The average Bonchev–Trinajstić information content (AvgIpc) is 2.85. The molecular formula is C12H13ClN4O2S. The average molecular weight is 313 g/mol. The van der Waals surface area contributed by atoms with Crippen molar-refractivity contribution in [1.29, 1.82) is 0 Å². The number of benzene rings is 1. The van der Waals surface area contributed by atoms with Crippen LogP contribution in [0.2, 0.25) is 5.02 Å². The maximum Gasteiger partial charge on any atom is 0.245 e. The molecule has 0 saturated carbocycles. The SMILES string of the molecule is Nc1ccc(S(=O)(=O)N2CCn3ccnc3C2)c(Cl)c1. The number of halogens is 1. The van der Waals surface area contributed by atoms with Gasteiger partial charge in [0.2, 0.25) is 10.0 Å². The summed E-state index contributed by atoms with van der Waals surface area (Å²) in [5.74, 6) is 0.728. The molecule has 1 aliphatic rings. The summed E-state index contributed by atoms with van der Waals surface area (Å²) in [6, 6.07) is 4.41. The fourth-order valence-electron chi connectivity index (χ4n) is 2.22. The van der Waals surface area contributed by atoms with E-state index in [1.165, 1.54) is 22.5 Å². The molecule has 1 aliphatic heterocycles. The number of nitrogens with zero attached hydrogens (tertiary/aromatic N) is 3. The second kappa shape index (κ2) is 4.76. The van der Waals surface area contributed by atoms with Gasteiger partial charge in [0.25, 0.3) is 0 Å². The van der Waals surface area contributed by atoms with Crippen molar-refractivity contribution < 1.29 is 8.42 Å². The molecule has 0 spiro atoms. The summed E-state index contributed by atoms with van der Waals surface area (Å²) in [5.41, 5.74) is 6.03. The molecule has 0 bridgehead atoms. The zero-order valence-electron chi connectivity index (χ0n) is 10.5. The molecule has 8 heteroatoms. The molecule has 3 rings (SSSR count). The number of nitrogen functional groups attached to an aromatic ring is 1. The molecule has 0 fully saturated rings. The van der Waals surface area contributed by atoms with Crippen molar-refractivity contribution in [2.24, 2.45) is 0 Å². The Kier molecular flexibility index (Phi) is 3.19. The number of nitrogens with two attached hydrogens (primary N) is 1. The first-order chi connectivity index (χ1) is 9.48. The Bertz CT molecular complexity index is 757. The fourth-order valence-corrected chi connectivity index (χ4v) is 4.13. The minimum absolute atomic E-state index is 0.0772. The Morgan fingerprint density at radius 3 is 2.85 bits per heavy atom. The van der Waals surface area contributed by atoms with Crippen molar-refractivity contribution >= 4 is 27.3 Å². The van der Waals surface area contributed by atoms with Gasteiger partial charge >= 0.3 is 0 Å². The van der Waals surface area contributed by atoms with E-state index in [2.05, 4.69) is 4.98 Å². The van der Waals surface area contributed by atoms with E-state index in [9.17, 15) is 8.42 Å². The van der Waals surface area contributed by atoms with Gasteiger partial charge in [-0.3, -0.25) is 0 Å². The van der Waals surface area contributed by atoms with Crippen molar-refractivity contribution in [3.05, 3.63) is 41.4 Å². The Morgan fingerprint density at radius 1 is 1.30 bits per heavy atom. The summed E-state index contributed by atoms with van der Waals surface area (Å²) in [6.45, 7) is 1.23. The monoisotopic (exact) mass is 312 g/mol. The molecule has 0 saturated heterocycles. The van der Waals surface area contributed by atoms with Crippen LogP contribution >= 0.6 is 11.6 Å². The van der Waals surface area contributed by atoms with Crippen LogP contribution in [0, 0.1) is 0 Å². The van der Waals surface area contributed by atoms with Crippen LogP contribution in [-0.2, 0) is 23.1 Å². The largest absolute Gasteiger partial charge is 0.399 e. The van der Waals surface area contributed by atoms with E-state index >= 15 is 0 Å². The standard InChI is InChI=1S/C12H13ClN4O2S/c13-10-7-9(14)1-2-11(10)20(18,19)17-6-5-16-4-3-15-12(16)8-17/h1-4,7H,5-6,8,14H2. The molecule has 0 unspecified atom stereocenters. The predicted octanol–water partition coefficient (Wildman–Crippen LogP) is 1.32. The molecule has 1 aromatic heterocycles. The Labute approximate surface area is 121 Å². The van der Waals surface area contributed by atoms with Gasteiger partial charge in [-0.1, -0.05) is 11.6 Å². The van der Waals surface area contributed by atoms with Crippen LogP contribution in [0.25, 0.3) is 0 Å². The number of hydrogen-bond donors (Lipinski definition) is 1. The van der Waals surface area contributed by atoms with E-state index in [0.29, 0.717) is 18.8 Å². The summed E-state index contributed by atoms with van der Waals surface area (Å²) >= 11 is 6.01. The van der Waals surface area contributed by atoms with Gasteiger partial charge < -0.3 is 10.3 Å².